The number of benzene rings is 2. The Bertz CT molecular complexity index is 899. The summed E-state index contributed by atoms with van der Waals surface area (Å²) in [6, 6.07) is 12.6. The number of hydrogen-bond donors (Lipinski definition) is 2. The molecule has 3 rings (SSSR count). The number of nitrogens with zero attached hydrogens (tertiary/aromatic N) is 1. The fourth-order valence-corrected chi connectivity index (χ4v) is 2.39. The molecule has 24 heavy (non-hydrogen) atoms. The van der Waals surface area contributed by atoms with Gasteiger partial charge in [0.2, 0.25) is 0 Å². The van der Waals surface area contributed by atoms with E-state index in [1.54, 1.807) is 12.1 Å². The highest BCUT2D eigenvalue weighted by Gasteiger charge is 2.31. The third-order valence-corrected chi connectivity index (χ3v) is 3.50. The molecule has 0 saturated carbocycles. The molecule has 0 aliphatic carbocycles. The first-order valence-electron chi connectivity index (χ1n) is 6.79. The molecule has 0 aliphatic rings. The highest BCUT2D eigenvalue weighted by atomic mass is 35.5. The van der Waals surface area contributed by atoms with Crippen molar-refractivity contribution in [1.29, 1.82) is 0 Å². The van der Waals surface area contributed by atoms with E-state index >= 15 is 0 Å². The lowest BCUT2D eigenvalue weighted by Gasteiger charge is -2.13. The molecular weight excluding hydrogens is 343 g/mol. The summed E-state index contributed by atoms with van der Waals surface area (Å²) in [5.41, 5.74) is 6.88. The Morgan fingerprint density at radius 1 is 1.08 bits per heavy atom. The van der Waals surface area contributed by atoms with E-state index in [4.69, 9.17) is 17.3 Å². The number of fused-ring (bicyclic) bond motifs is 1. The molecule has 0 spiro atoms. The van der Waals surface area contributed by atoms with E-state index < -0.39 is 6.36 Å². The van der Waals surface area contributed by atoms with Gasteiger partial charge in [0.1, 0.15) is 11.6 Å². The largest absolute Gasteiger partial charge is 0.573 e. The van der Waals surface area contributed by atoms with Crippen LogP contribution in [0.25, 0.3) is 10.9 Å². The van der Waals surface area contributed by atoms with Gasteiger partial charge in [-0.25, -0.2) is 4.98 Å². The van der Waals surface area contributed by atoms with Gasteiger partial charge < -0.3 is 15.8 Å². The summed E-state index contributed by atoms with van der Waals surface area (Å²) in [5, 5.41) is 4.32. The van der Waals surface area contributed by atoms with Crippen LogP contribution in [0, 0.1) is 0 Å². The summed E-state index contributed by atoms with van der Waals surface area (Å²) in [5.74, 6) is 0.0758. The van der Waals surface area contributed by atoms with E-state index in [0.717, 1.165) is 11.5 Å². The Labute approximate surface area is 140 Å². The van der Waals surface area contributed by atoms with E-state index in [-0.39, 0.29) is 11.4 Å². The van der Waals surface area contributed by atoms with Crippen molar-refractivity contribution >= 4 is 39.7 Å². The van der Waals surface area contributed by atoms with Gasteiger partial charge in [0.15, 0.2) is 0 Å². The number of rotatable bonds is 3. The van der Waals surface area contributed by atoms with E-state index in [1.165, 1.54) is 12.1 Å². The Hall–Kier alpha value is -2.67. The smallest absolute Gasteiger partial charge is 0.406 e. The second-order valence-corrected chi connectivity index (χ2v) is 5.34. The zero-order valence-electron chi connectivity index (χ0n) is 12.1. The predicted molar refractivity (Wildman–Crippen MR) is 87.6 cm³/mol. The van der Waals surface area contributed by atoms with Crippen LogP contribution < -0.4 is 15.8 Å². The second-order valence-electron chi connectivity index (χ2n) is 4.93. The minimum Gasteiger partial charge on any atom is -0.406 e. The molecule has 3 aromatic rings. The van der Waals surface area contributed by atoms with Gasteiger partial charge in [-0.1, -0.05) is 23.7 Å². The number of nitrogen functional groups attached to an aromatic ring is 1. The van der Waals surface area contributed by atoms with E-state index in [0.29, 0.717) is 22.0 Å². The highest BCUT2D eigenvalue weighted by molar-refractivity contribution is 6.35. The van der Waals surface area contributed by atoms with Crippen molar-refractivity contribution < 1.29 is 17.9 Å². The molecule has 1 aromatic heterocycles. The third kappa shape index (κ3) is 3.62. The Kier molecular flexibility index (Phi) is 4.11. The number of aromatic nitrogens is 1. The molecule has 0 aliphatic heterocycles. The summed E-state index contributed by atoms with van der Waals surface area (Å²) in [6.07, 6.45) is -4.77. The average molecular weight is 354 g/mol. The van der Waals surface area contributed by atoms with Crippen molar-refractivity contribution in [2.45, 2.75) is 6.36 Å². The van der Waals surface area contributed by atoms with Crippen LogP contribution in [0.2, 0.25) is 5.02 Å². The van der Waals surface area contributed by atoms with Crippen LogP contribution in [-0.2, 0) is 0 Å². The van der Waals surface area contributed by atoms with Crippen LogP contribution in [-0.4, -0.2) is 11.3 Å². The minimum atomic E-state index is -4.77. The zero-order chi connectivity index (χ0) is 17.3. The van der Waals surface area contributed by atoms with Gasteiger partial charge in [0.05, 0.1) is 21.9 Å². The molecule has 124 valence electrons. The number of nitrogens with one attached hydrogen (secondary N) is 1. The van der Waals surface area contributed by atoms with Crippen molar-refractivity contribution in [1.82, 2.24) is 4.98 Å². The Morgan fingerprint density at radius 2 is 1.88 bits per heavy atom. The molecule has 8 heteroatoms. The summed E-state index contributed by atoms with van der Waals surface area (Å²) in [6.45, 7) is 0. The first-order chi connectivity index (χ1) is 11.3. The van der Waals surface area contributed by atoms with Gasteiger partial charge in [-0.3, -0.25) is 0 Å². The van der Waals surface area contributed by atoms with Crippen LogP contribution >= 0.6 is 11.6 Å². The van der Waals surface area contributed by atoms with Crippen molar-refractivity contribution in [2.24, 2.45) is 0 Å². The fraction of sp³-hybridized carbons (Fsp3) is 0.0625. The number of ether oxygens (including phenoxy) is 1. The summed E-state index contributed by atoms with van der Waals surface area (Å²) < 4.78 is 40.4. The molecule has 1 heterocycles. The van der Waals surface area contributed by atoms with Gasteiger partial charge in [-0.15, -0.1) is 13.2 Å². The van der Waals surface area contributed by atoms with Gasteiger partial charge in [-0.05, 0) is 30.3 Å². The molecule has 0 unspecified atom stereocenters. The maximum absolute atomic E-state index is 12.2. The first kappa shape index (κ1) is 16.2. The zero-order valence-corrected chi connectivity index (χ0v) is 12.8. The van der Waals surface area contributed by atoms with E-state index in [1.807, 2.05) is 18.2 Å². The number of alkyl halides is 3. The van der Waals surface area contributed by atoms with Crippen molar-refractivity contribution in [3.05, 3.63) is 53.6 Å². The maximum atomic E-state index is 12.2. The number of para-hydroxylation sites is 1. The average Bonchev–Trinajstić information content (AvgIpc) is 2.49. The summed E-state index contributed by atoms with van der Waals surface area (Å²) >= 11 is 6.11. The molecule has 3 N–H and O–H groups in total. The minimum absolute atomic E-state index is 0.0952. The van der Waals surface area contributed by atoms with Gasteiger partial charge in [0, 0.05) is 11.5 Å². The van der Waals surface area contributed by atoms with Crippen LogP contribution in [0.4, 0.5) is 30.4 Å². The maximum Gasteiger partial charge on any atom is 0.573 e. The third-order valence-electron chi connectivity index (χ3n) is 3.19. The Balaban J connectivity index is 1.87. The molecule has 0 bridgehead atoms. The molecule has 2 aromatic carbocycles. The lowest BCUT2D eigenvalue weighted by molar-refractivity contribution is -0.274. The molecule has 0 atom stereocenters. The molecular formula is C16H11ClF3N3O. The number of nitrogens with two attached hydrogens (primary N) is 1. The molecule has 0 saturated heterocycles. The number of anilines is 3. The van der Waals surface area contributed by atoms with Crippen molar-refractivity contribution in [3.63, 3.8) is 0 Å². The van der Waals surface area contributed by atoms with Crippen molar-refractivity contribution in [2.75, 3.05) is 11.1 Å². The molecule has 0 fully saturated rings. The van der Waals surface area contributed by atoms with Gasteiger partial charge in [0.25, 0.3) is 0 Å². The lowest BCUT2D eigenvalue weighted by Crippen LogP contribution is -2.17. The van der Waals surface area contributed by atoms with Crippen LogP contribution in [0.3, 0.4) is 0 Å². The van der Waals surface area contributed by atoms with Gasteiger partial charge in [-0.2, -0.15) is 0 Å². The standard InChI is InChI=1S/C16H11ClF3N3O/c17-11-3-1-2-9-4-7-14(23-15(9)11)22-13-6-5-10(8-12(13)21)24-16(18,19)20/h1-8H,21H2,(H,22,23). The SMILES string of the molecule is Nc1cc(OC(F)(F)F)ccc1Nc1ccc2cccc(Cl)c2n1. The summed E-state index contributed by atoms with van der Waals surface area (Å²) in [7, 11) is 0. The predicted octanol–water partition coefficient (Wildman–Crippen LogP) is 5.11. The molecule has 0 amide bonds. The number of pyridine rings is 1. The number of hydrogen-bond acceptors (Lipinski definition) is 4. The highest BCUT2D eigenvalue weighted by Crippen LogP contribution is 2.31. The van der Waals surface area contributed by atoms with Crippen molar-refractivity contribution in [3.8, 4) is 5.75 Å². The normalized spacial score (nSPS) is 11.5. The van der Waals surface area contributed by atoms with Crippen LogP contribution in [0.15, 0.2) is 48.5 Å². The Morgan fingerprint density at radius 3 is 2.58 bits per heavy atom. The number of halogens is 4. The lowest BCUT2D eigenvalue weighted by atomic mass is 10.2. The van der Waals surface area contributed by atoms with Gasteiger partial charge >= 0.3 is 6.36 Å². The topological polar surface area (TPSA) is 60.2 Å². The summed E-state index contributed by atoms with van der Waals surface area (Å²) in [4.78, 5) is 4.38. The monoisotopic (exact) mass is 353 g/mol. The van der Waals surface area contributed by atoms with Crippen LogP contribution in [0.1, 0.15) is 0 Å². The fourth-order valence-electron chi connectivity index (χ4n) is 2.17. The quantitative estimate of drug-likeness (QED) is 0.642. The molecule has 4 nitrogen and oxygen atoms in total. The molecule has 0 radical (unpaired) electrons. The van der Waals surface area contributed by atoms with Crippen LogP contribution in [0.5, 0.6) is 5.75 Å². The second kappa shape index (κ2) is 6.09. The van der Waals surface area contributed by atoms with E-state index in [2.05, 4.69) is 15.0 Å². The first-order valence-corrected chi connectivity index (χ1v) is 7.17. The van der Waals surface area contributed by atoms with E-state index in [9.17, 15) is 13.2 Å².